The molecule has 1 aliphatic rings. The molecule has 1 aliphatic heterocycles. The zero-order valence-corrected chi connectivity index (χ0v) is 18.7. The lowest BCUT2D eigenvalue weighted by molar-refractivity contribution is 0.0456. The van der Waals surface area contributed by atoms with E-state index in [1.165, 1.54) is 23.4 Å². The van der Waals surface area contributed by atoms with Crippen molar-refractivity contribution in [2.24, 2.45) is 0 Å². The van der Waals surface area contributed by atoms with Crippen LogP contribution in [0.4, 0.5) is 19.0 Å². The maximum Gasteiger partial charge on any atom is 0.256 e. The highest BCUT2D eigenvalue weighted by molar-refractivity contribution is 5.95. The van der Waals surface area contributed by atoms with Gasteiger partial charge in [-0.3, -0.25) is 9.69 Å². The molecule has 34 heavy (non-hydrogen) atoms. The second-order valence-electron chi connectivity index (χ2n) is 8.05. The van der Waals surface area contributed by atoms with E-state index in [0.717, 1.165) is 16.8 Å². The smallest absolute Gasteiger partial charge is 0.256 e. The summed E-state index contributed by atoms with van der Waals surface area (Å²) in [6.07, 6.45) is 1.26. The maximum absolute atomic E-state index is 15.1. The molecule has 0 saturated carbocycles. The molecule has 2 N–H and O–H groups in total. The van der Waals surface area contributed by atoms with Gasteiger partial charge < -0.3 is 10.6 Å². The van der Waals surface area contributed by atoms with Gasteiger partial charge in [0.1, 0.15) is 18.0 Å². The molecule has 0 spiro atoms. The number of hydrogen-bond donors (Lipinski definition) is 1. The second kappa shape index (κ2) is 10.2. The zero-order chi connectivity index (χ0) is 24.2. The van der Waals surface area contributed by atoms with Crippen molar-refractivity contribution in [3.05, 3.63) is 59.9 Å². The molecular formula is C24H25F3N6O. The van der Waals surface area contributed by atoms with E-state index in [4.69, 9.17) is 5.73 Å². The number of alkyl halides is 2. The first-order chi connectivity index (χ1) is 16.4. The molecule has 4 rings (SSSR count). The van der Waals surface area contributed by atoms with E-state index in [9.17, 15) is 13.6 Å². The Morgan fingerprint density at radius 1 is 1.06 bits per heavy atom. The molecule has 1 saturated heterocycles. The first kappa shape index (κ1) is 23.6. The van der Waals surface area contributed by atoms with Crippen molar-refractivity contribution in [3.8, 4) is 22.4 Å². The topological polar surface area (TPSA) is 88.2 Å². The van der Waals surface area contributed by atoms with Crippen LogP contribution in [0.25, 0.3) is 22.4 Å². The Morgan fingerprint density at radius 3 is 2.41 bits per heavy atom. The Morgan fingerprint density at radius 2 is 1.79 bits per heavy atom. The minimum absolute atomic E-state index is 0.0634. The lowest BCUT2D eigenvalue weighted by Gasteiger charge is -2.34. The van der Waals surface area contributed by atoms with E-state index in [-0.39, 0.29) is 25.2 Å². The monoisotopic (exact) mass is 470 g/mol. The Hall–Kier alpha value is -3.53. The highest BCUT2D eigenvalue weighted by Gasteiger charge is 2.26. The summed E-state index contributed by atoms with van der Waals surface area (Å²) in [7, 11) is 0. The van der Waals surface area contributed by atoms with Gasteiger partial charge in [-0.05, 0) is 30.7 Å². The number of nitrogen functional groups attached to an aromatic ring is 1. The molecule has 0 atom stereocenters. The van der Waals surface area contributed by atoms with Crippen LogP contribution in [0.2, 0.25) is 0 Å². The highest BCUT2D eigenvalue weighted by atomic mass is 19.3. The third-order valence-corrected chi connectivity index (χ3v) is 5.86. The number of anilines is 1. The molecule has 2 aromatic heterocycles. The van der Waals surface area contributed by atoms with Crippen LogP contribution in [0, 0.1) is 5.82 Å². The van der Waals surface area contributed by atoms with Crippen molar-refractivity contribution < 1.29 is 18.0 Å². The number of halogens is 3. The predicted molar refractivity (Wildman–Crippen MR) is 123 cm³/mol. The molecule has 1 amide bonds. The van der Waals surface area contributed by atoms with Crippen molar-refractivity contribution in [2.45, 2.75) is 19.8 Å². The number of carbonyl (C=O) groups is 1. The van der Waals surface area contributed by atoms with E-state index in [1.807, 2.05) is 13.0 Å². The molecule has 10 heteroatoms. The van der Waals surface area contributed by atoms with Crippen LogP contribution in [-0.4, -0.2) is 69.8 Å². The average Bonchev–Trinajstić information content (AvgIpc) is 2.84. The molecule has 0 radical (unpaired) electrons. The number of nitrogens with two attached hydrogens (primary N) is 1. The van der Waals surface area contributed by atoms with Gasteiger partial charge in [-0.1, -0.05) is 13.0 Å². The van der Waals surface area contributed by atoms with Crippen molar-refractivity contribution in [3.63, 3.8) is 0 Å². The van der Waals surface area contributed by atoms with Crippen LogP contribution in [0.3, 0.4) is 0 Å². The Labute approximate surface area is 195 Å². The first-order valence-electron chi connectivity index (χ1n) is 11.0. The third-order valence-electron chi connectivity index (χ3n) is 5.86. The second-order valence-corrected chi connectivity index (χ2v) is 8.05. The number of rotatable bonds is 6. The van der Waals surface area contributed by atoms with E-state index in [1.54, 1.807) is 23.2 Å². The fourth-order valence-electron chi connectivity index (χ4n) is 4.10. The van der Waals surface area contributed by atoms with Gasteiger partial charge in [0.15, 0.2) is 0 Å². The van der Waals surface area contributed by atoms with E-state index >= 15 is 4.39 Å². The highest BCUT2D eigenvalue weighted by Crippen LogP contribution is 2.33. The molecule has 3 heterocycles. The summed E-state index contributed by atoms with van der Waals surface area (Å²) in [5.41, 5.74) is 8.94. The number of benzene rings is 1. The fourth-order valence-corrected chi connectivity index (χ4v) is 4.10. The largest absolute Gasteiger partial charge is 0.384 e. The SMILES string of the molecule is CCc1ncnc(-c2ccc(C(=O)N3CCN(CC(F)F)CC3)c(F)c2)c1-c1ccc(N)nc1. The van der Waals surface area contributed by atoms with Gasteiger partial charge in [-0.15, -0.1) is 0 Å². The van der Waals surface area contributed by atoms with Gasteiger partial charge in [0.05, 0.1) is 23.5 Å². The number of pyridine rings is 1. The normalized spacial score (nSPS) is 14.6. The summed E-state index contributed by atoms with van der Waals surface area (Å²) in [4.78, 5) is 28.9. The first-order valence-corrected chi connectivity index (χ1v) is 11.0. The summed E-state index contributed by atoms with van der Waals surface area (Å²) >= 11 is 0. The van der Waals surface area contributed by atoms with Gasteiger partial charge >= 0.3 is 0 Å². The number of piperazine rings is 1. The molecule has 3 aromatic rings. The van der Waals surface area contributed by atoms with Gasteiger partial charge in [-0.2, -0.15) is 0 Å². The summed E-state index contributed by atoms with van der Waals surface area (Å²) in [5.74, 6) is -0.750. The Kier molecular flexibility index (Phi) is 7.06. The van der Waals surface area contributed by atoms with Crippen LogP contribution in [0.15, 0.2) is 42.9 Å². The molecule has 0 unspecified atom stereocenters. The van der Waals surface area contributed by atoms with Crippen LogP contribution in [0.5, 0.6) is 0 Å². The number of hydrogen-bond acceptors (Lipinski definition) is 6. The van der Waals surface area contributed by atoms with Gasteiger partial charge in [0.25, 0.3) is 12.3 Å². The van der Waals surface area contributed by atoms with E-state index < -0.39 is 18.1 Å². The van der Waals surface area contributed by atoms with Crippen LogP contribution < -0.4 is 5.73 Å². The lowest BCUT2D eigenvalue weighted by atomic mass is 9.96. The van der Waals surface area contributed by atoms with Crippen molar-refractivity contribution in [1.29, 1.82) is 0 Å². The van der Waals surface area contributed by atoms with Crippen molar-refractivity contribution in [1.82, 2.24) is 24.8 Å². The number of aryl methyl sites for hydroxylation is 1. The number of amides is 1. The van der Waals surface area contributed by atoms with E-state index in [0.29, 0.717) is 36.6 Å². The summed E-state index contributed by atoms with van der Waals surface area (Å²) in [5, 5.41) is 0. The minimum Gasteiger partial charge on any atom is -0.384 e. The number of nitrogens with zero attached hydrogens (tertiary/aromatic N) is 5. The van der Waals surface area contributed by atoms with Gasteiger partial charge in [0.2, 0.25) is 0 Å². The van der Waals surface area contributed by atoms with Crippen LogP contribution in [-0.2, 0) is 6.42 Å². The van der Waals surface area contributed by atoms with Crippen LogP contribution >= 0.6 is 0 Å². The minimum atomic E-state index is -2.42. The van der Waals surface area contributed by atoms with Gasteiger partial charge in [0, 0.05) is 49.1 Å². The molecule has 0 aliphatic carbocycles. The van der Waals surface area contributed by atoms with Crippen molar-refractivity contribution >= 4 is 11.7 Å². The zero-order valence-electron chi connectivity index (χ0n) is 18.7. The molecule has 1 fully saturated rings. The molecule has 0 bridgehead atoms. The predicted octanol–water partition coefficient (Wildman–Crippen LogP) is 3.51. The van der Waals surface area contributed by atoms with E-state index in [2.05, 4.69) is 15.0 Å². The quantitative estimate of drug-likeness (QED) is 0.593. The Balaban J connectivity index is 1.61. The lowest BCUT2D eigenvalue weighted by Crippen LogP contribution is -2.49. The standard InChI is InChI=1S/C24H25F3N6O/c1-2-19-22(16-4-6-21(28)29-12-16)23(31-14-30-19)15-3-5-17(18(25)11-15)24(34)33-9-7-32(8-10-33)13-20(26)27/h3-6,11-12,14,20H,2,7-10,13H2,1H3,(H2,28,29). The third kappa shape index (κ3) is 5.01. The average molecular weight is 470 g/mol. The van der Waals surface area contributed by atoms with Crippen molar-refractivity contribution in [2.75, 3.05) is 38.5 Å². The summed E-state index contributed by atoms with van der Waals surface area (Å²) < 4.78 is 40.3. The summed E-state index contributed by atoms with van der Waals surface area (Å²) in [6.45, 7) is 2.84. The molecular weight excluding hydrogens is 445 g/mol. The number of aromatic nitrogens is 3. The molecule has 178 valence electrons. The molecule has 7 nitrogen and oxygen atoms in total. The van der Waals surface area contributed by atoms with Gasteiger partial charge in [-0.25, -0.2) is 28.1 Å². The van der Waals surface area contributed by atoms with Crippen LogP contribution in [0.1, 0.15) is 23.0 Å². The maximum atomic E-state index is 15.1. The Bertz CT molecular complexity index is 1160. The number of carbonyl (C=O) groups excluding carboxylic acids is 1. The molecule has 1 aromatic carbocycles. The summed E-state index contributed by atoms with van der Waals surface area (Å²) in [6, 6.07) is 7.87. The fraction of sp³-hybridized carbons (Fsp3) is 0.333.